The van der Waals surface area contributed by atoms with E-state index in [-0.39, 0.29) is 6.54 Å². The smallest absolute Gasteiger partial charge is 0.325 e. The van der Waals surface area contributed by atoms with Gasteiger partial charge in [0, 0.05) is 5.69 Å². The number of benzene rings is 3. The van der Waals surface area contributed by atoms with Crippen LogP contribution in [0.1, 0.15) is 39.8 Å². The number of carbonyl (C=O) groups is 3. The van der Waals surface area contributed by atoms with E-state index in [2.05, 4.69) is 10.6 Å². The van der Waals surface area contributed by atoms with E-state index >= 15 is 0 Å². The van der Waals surface area contributed by atoms with Gasteiger partial charge in [0.25, 0.3) is 5.91 Å². The molecule has 2 N–H and O–H groups in total. The van der Waals surface area contributed by atoms with Gasteiger partial charge in [-0.25, -0.2) is 4.79 Å². The Morgan fingerprint density at radius 1 is 0.912 bits per heavy atom. The van der Waals surface area contributed by atoms with Crippen LogP contribution in [0.5, 0.6) is 0 Å². The predicted molar refractivity (Wildman–Crippen MR) is 130 cm³/mol. The van der Waals surface area contributed by atoms with Crippen molar-refractivity contribution in [1.29, 1.82) is 0 Å². The van der Waals surface area contributed by atoms with E-state index in [1.54, 1.807) is 0 Å². The van der Waals surface area contributed by atoms with Gasteiger partial charge in [-0.1, -0.05) is 54.6 Å². The summed E-state index contributed by atoms with van der Waals surface area (Å²) in [6.07, 6.45) is 3.18. The Kier molecular flexibility index (Phi) is 5.44. The molecule has 0 unspecified atom stereocenters. The number of nitrogens with zero attached hydrogens (tertiary/aromatic N) is 1. The van der Waals surface area contributed by atoms with Crippen LogP contribution >= 0.6 is 0 Å². The number of anilines is 1. The number of hydrogen-bond donors (Lipinski definition) is 2. The van der Waals surface area contributed by atoms with Gasteiger partial charge in [-0.05, 0) is 78.6 Å². The van der Waals surface area contributed by atoms with E-state index in [9.17, 15) is 14.4 Å². The molecule has 4 amide bonds. The Morgan fingerprint density at radius 3 is 2.44 bits per heavy atom. The number of imide groups is 1. The Bertz CT molecular complexity index is 1300. The molecule has 3 aromatic rings. The van der Waals surface area contributed by atoms with Gasteiger partial charge in [-0.15, -0.1) is 0 Å². The Labute approximate surface area is 199 Å². The molecule has 6 nitrogen and oxygen atoms in total. The number of urea groups is 1. The summed E-state index contributed by atoms with van der Waals surface area (Å²) in [6.45, 7) is 3.61. The molecule has 5 rings (SSSR count). The van der Waals surface area contributed by atoms with E-state index in [1.807, 2.05) is 80.6 Å². The molecule has 6 heteroatoms. The molecule has 3 aromatic carbocycles. The minimum absolute atomic E-state index is 0.360. The Morgan fingerprint density at radius 2 is 1.68 bits per heavy atom. The van der Waals surface area contributed by atoms with Gasteiger partial charge < -0.3 is 10.6 Å². The number of fused-ring (bicyclic) bond motifs is 1. The molecule has 0 saturated carbocycles. The van der Waals surface area contributed by atoms with Gasteiger partial charge in [0.1, 0.15) is 6.54 Å². The largest absolute Gasteiger partial charge is 0.326 e. The third-order valence-corrected chi connectivity index (χ3v) is 6.94. The molecule has 1 aliphatic heterocycles. The van der Waals surface area contributed by atoms with E-state index < -0.39 is 23.4 Å². The van der Waals surface area contributed by atoms with Crippen molar-refractivity contribution >= 4 is 23.5 Å². The second-order valence-electron chi connectivity index (χ2n) is 9.12. The maximum atomic E-state index is 13.8. The van der Waals surface area contributed by atoms with Crippen LogP contribution in [0, 0.1) is 13.8 Å². The lowest BCUT2D eigenvalue weighted by Crippen LogP contribution is -2.45. The fourth-order valence-corrected chi connectivity index (χ4v) is 4.93. The summed E-state index contributed by atoms with van der Waals surface area (Å²) in [5, 5.41) is 5.76. The van der Waals surface area contributed by atoms with Gasteiger partial charge in [-0.3, -0.25) is 14.5 Å². The first kappa shape index (κ1) is 21.9. The average Bonchev–Trinajstić information content (AvgIpc) is 3.39. The normalized spacial score (nSPS) is 19.2. The predicted octanol–water partition coefficient (Wildman–Crippen LogP) is 4.23. The van der Waals surface area contributed by atoms with Crippen molar-refractivity contribution in [1.82, 2.24) is 10.2 Å². The molecule has 2 aliphatic rings. The maximum Gasteiger partial charge on any atom is 0.326 e. The van der Waals surface area contributed by atoms with Crippen LogP contribution < -0.4 is 10.6 Å². The molecule has 1 fully saturated rings. The quantitative estimate of drug-likeness (QED) is 0.568. The first-order valence-corrected chi connectivity index (χ1v) is 11.6. The van der Waals surface area contributed by atoms with Gasteiger partial charge >= 0.3 is 6.03 Å². The fraction of sp³-hybridized carbons (Fsp3) is 0.250. The van der Waals surface area contributed by atoms with Gasteiger partial charge in [0.05, 0.1) is 0 Å². The summed E-state index contributed by atoms with van der Waals surface area (Å²) in [7, 11) is 0. The molecule has 0 radical (unpaired) electrons. The standard InChI is InChI=1S/C28H27N3O3/c1-18-11-13-23(15-19(18)2)28(22-9-4-3-5-10-22)26(33)31(27(34)30-28)17-25(32)29-24-14-12-20-7-6-8-21(20)16-24/h3-5,9-16H,6-8,17H2,1-2H3,(H,29,32)(H,30,34)/t28-/m1/s1. The zero-order chi connectivity index (χ0) is 23.9. The van der Waals surface area contributed by atoms with Crippen molar-refractivity contribution in [3.05, 3.63) is 100 Å². The second kappa shape index (κ2) is 8.45. The number of amides is 4. The van der Waals surface area contributed by atoms with E-state index in [0.717, 1.165) is 35.3 Å². The zero-order valence-corrected chi connectivity index (χ0v) is 19.4. The lowest BCUT2D eigenvalue weighted by molar-refractivity contribution is -0.133. The summed E-state index contributed by atoms with van der Waals surface area (Å²) in [6, 6.07) is 20.2. The molecule has 34 heavy (non-hydrogen) atoms. The lowest BCUT2D eigenvalue weighted by Gasteiger charge is -2.28. The molecular weight excluding hydrogens is 426 g/mol. The van der Waals surface area contributed by atoms with Crippen LogP contribution in [-0.4, -0.2) is 29.3 Å². The molecule has 1 heterocycles. The SMILES string of the molecule is Cc1ccc([C@@]2(c3ccccc3)NC(=O)N(CC(=O)Nc3ccc4c(c3)CCC4)C2=O)cc1C. The molecule has 1 atom stereocenters. The van der Waals surface area contributed by atoms with Crippen LogP contribution in [0.25, 0.3) is 0 Å². The zero-order valence-electron chi connectivity index (χ0n) is 19.4. The first-order valence-electron chi connectivity index (χ1n) is 11.6. The highest BCUT2D eigenvalue weighted by atomic mass is 16.2. The van der Waals surface area contributed by atoms with Crippen LogP contribution in [0.2, 0.25) is 0 Å². The maximum absolute atomic E-state index is 13.8. The number of nitrogens with one attached hydrogen (secondary N) is 2. The number of aryl methyl sites for hydroxylation is 4. The van der Waals surface area contributed by atoms with Crippen molar-refractivity contribution in [2.75, 3.05) is 11.9 Å². The number of rotatable bonds is 5. The Balaban J connectivity index is 1.44. The van der Waals surface area contributed by atoms with Crippen LogP contribution in [0.4, 0.5) is 10.5 Å². The molecule has 0 bridgehead atoms. The first-order chi connectivity index (χ1) is 16.4. The van der Waals surface area contributed by atoms with E-state index in [4.69, 9.17) is 0 Å². The highest BCUT2D eigenvalue weighted by Gasteiger charge is 2.54. The highest BCUT2D eigenvalue weighted by molar-refractivity contribution is 6.12. The highest BCUT2D eigenvalue weighted by Crippen LogP contribution is 2.37. The topological polar surface area (TPSA) is 78.5 Å². The summed E-state index contributed by atoms with van der Waals surface area (Å²) in [5.74, 6) is -0.874. The monoisotopic (exact) mass is 453 g/mol. The molecular formula is C28H27N3O3. The Hall–Kier alpha value is -3.93. The summed E-state index contributed by atoms with van der Waals surface area (Å²) in [5.41, 5.74) is 5.28. The third-order valence-electron chi connectivity index (χ3n) is 6.94. The van der Waals surface area contributed by atoms with Crippen molar-refractivity contribution in [3.63, 3.8) is 0 Å². The third kappa shape index (κ3) is 3.65. The van der Waals surface area contributed by atoms with E-state index in [1.165, 1.54) is 11.1 Å². The van der Waals surface area contributed by atoms with Crippen molar-refractivity contribution in [2.24, 2.45) is 0 Å². The van der Waals surface area contributed by atoms with Crippen molar-refractivity contribution in [2.45, 2.75) is 38.6 Å². The van der Waals surface area contributed by atoms with Gasteiger partial charge in [-0.2, -0.15) is 0 Å². The minimum atomic E-state index is -1.38. The fourth-order valence-electron chi connectivity index (χ4n) is 4.93. The summed E-state index contributed by atoms with van der Waals surface area (Å²) in [4.78, 5) is 40.8. The molecule has 0 spiro atoms. The van der Waals surface area contributed by atoms with Crippen LogP contribution in [0.3, 0.4) is 0 Å². The molecule has 1 aliphatic carbocycles. The molecule has 172 valence electrons. The second-order valence-corrected chi connectivity index (χ2v) is 9.12. The average molecular weight is 454 g/mol. The number of hydrogen-bond acceptors (Lipinski definition) is 3. The number of carbonyl (C=O) groups excluding carboxylic acids is 3. The summed E-state index contributed by atoms with van der Waals surface area (Å²) >= 11 is 0. The van der Waals surface area contributed by atoms with Crippen molar-refractivity contribution in [3.8, 4) is 0 Å². The van der Waals surface area contributed by atoms with Crippen molar-refractivity contribution < 1.29 is 14.4 Å². The van der Waals surface area contributed by atoms with Gasteiger partial charge in [0.2, 0.25) is 5.91 Å². The minimum Gasteiger partial charge on any atom is -0.325 e. The van der Waals surface area contributed by atoms with Crippen LogP contribution in [0.15, 0.2) is 66.7 Å². The summed E-state index contributed by atoms with van der Waals surface area (Å²) < 4.78 is 0. The lowest BCUT2D eigenvalue weighted by atomic mass is 9.81. The van der Waals surface area contributed by atoms with E-state index in [0.29, 0.717) is 16.8 Å². The molecule has 1 saturated heterocycles. The van der Waals surface area contributed by atoms with Crippen LogP contribution in [-0.2, 0) is 28.0 Å². The van der Waals surface area contributed by atoms with Gasteiger partial charge in [0.15, 0.2) is 5.54 Å². The molecule has 0 aromatic heterocycles.